The smallest absolute Gasteiger partial charge is 0.193 e. The molecule has 0 radical (unpaired) electrons. The molecule has 8 atom stereocenters. The number of carbonyl (C=O) groups excluding carboxylic acids is 2. The molecule has 5 aliphatic rings. The monoisotopic (exact) mass is 615 g/mol. The van der Waals surface area contributed by atoms with Gasteiger partial charge in [-0.3, -0.25) is 9.59 Å². The highest BCUT2D eigenvalue weighted by atomic mass is 127. The Balaban J connectivity index is 1.36. The van der Waals surface area contributed by atoms with Gasteiger partial charge in [0.1, 0.15) is 0 Å². The first kappa shape index (κ1) is 25.5. The maximum atomic E-state index is 13.6. The van der Waals surface area contributed by atoms with Crippen molar-refractivity contribution in [2.24, 2.45) is 33.7 Å². The molecule has 0 bridgehead atoms. The lowest BCUT2D eigenvalue weighted by Gasteiger charge is -2.59. The molecule has 1 aromatic carbocycles. The third-order valence-corrected chi connectivity index (χ3v) is 11.9. The van der Waals surface area contributed by atoms with Crippen LogP contribution < -0.4 is 0 Å². The third-order valence-electron chi connectivity index (χ3n) is 11.0. The average Bonchev–Trinajstić information content (AvgIpc) is 3.29. The van der Waals surface area contributed by atoms with Gasteiger partial charge in [-0.1, -0.05) is 36.7 Å². The van der Waals surface area contributed by atoms with Crippen LogP contribution in [0.3, 0.4) is 0 Å². The largest absolute Gasteiger partial charge is 0.339 e. The standard InChI is InChI=1S/C29H34IN3O4/c1-16(34)29-25(36-28(4,37-29)18-6-8-24(32-33-31)23(30)14-18)15-22-20-7-5-17-13-19(35)9-11-26(17,2)21(20)10-12-27(22,29)3/h6,8,13-14,20-22,25H,5,7,9-12,15H2,1-4H3/t20?,21?,22?,25-,26+,27+,28?,29-/m1/s1. The Kier molecular flexibility index (Phi) is 5.78. The molecule has 37 heavy (non-hydrogen) atoms. The van der Waals surface area contributed by atoms with Crippen molar-refractivity contribution in [2.75, 3.05) is 0 Å². The molecule has 4 aliphatic carbocycles. The molecular weight excluding hydrogens is 581 g/mol. The number of hydrogen-bond acceptors (Lipinski definition) is 5. The number of Topliss-reactive ketones (excluding diaryl/α,β-unsaturated/α-hetero) is 1. The molecule has 1 aliphatic heterocycles. The van der Waals surface area contributed by atoms with Gasteiger partial charge in [-0.25, -0.2) is 0 Å². The second kappa shape index (κ2) is 8.38. The first-order valence-corrected chi connectivity index (χ1v) is 14.5. The van der Waals surface area contributed by atoms with Crippen molar-refractivity contribution in [3.63, 3.8) is 0 Å². The van der Waals surface area contributed by atoms with Crippen LogP contribution in [0.4, 0.5) is 5.69 Å². The average molecular weight is 616 g/mol. The third kappa shape index (κ3) is 3.34. The van der Waals surface area contributed by atoms with Crippen LogP contribution in [0.2, 0.25) is 0 Å². The van der Waals surface area contributed by atoms with Crippen molar-refractivity contribution in [3.8, 4) is 0 Å². The van der Waals surface area contributed by atoms with E-state index in [1.165, 1.54) is 5.57 Å². The number of hydrogen-bond donors (Lipinski definition) is 0. The Labute approximate surface area is 231 Å². The Bertz CT molecular complexity index is 1290. The Morgan fingerprint density at radius 2 is 1.95 bits per heavy atom. The predicted molar refractivity (Wildman–Crippen MR) is 147 cm³/mol. The Morgan fingerprint density at radius 1 is 1.16 bits per heavy atom. The number of fused-ring (bicyclic) bond motifs is 7. The predicted octanol–water partition coefficient (Wildman–Crippen LogP) is 7.29. The van der Waals surface area contributed by atoms with Crippen molar-refractivity contribution < 1.29 is 19.1 Å². The molecule has 4 unspecified atom stereocenters. The lowest BCUT2D eigenvalue weighted by Crippen LogP contribution is -2.59. The van der Waals surface area contributed by atoms with Crippen LogP contribution in [0.1, 0.15) is 78.2 Å². The lowest BCUT2D eigenvalue weighted by atomic mass is 9.46. The summed E-state index contributed by atoms with van der Waals surface area (Å²) >= 11 is 2.16. The number of nitrogens with zero attached hydrogens (tertiary/aromatic N) is 3. The summed E-state index contributed by atoms with van der Waals surface area (Å²) in [7, 11) is 0. The molecule has 4 fully saturated rings. The number of ketones is 2. The van der Waals surface area contributed by atoms with E-state index >= 15 is 0 Å². The van der Waals surface area contributed by atoms with E-state index in [0.29, 0.717) is 29.9 Å². The fourth-order valence-corrected chi connectivity index (χ4v) is 9.83. The van der Waals surface area contributed by atoms with Gasteiger partial charge in [0.25, 0.3) is 0 Å². The van der Waals surface area contributed by atoms with Crippen molar-refractivity contribution in [3.05, 3.63) is 49.4 Å². The number of carbonyl (C=O) groups is 2. The summed E-state index contributed by atoms with van der Waals surface area (Å²) in [5, 5.41) is 3.75. The molecule has 0 amide bonds. The van der Waals surface area contributed by atoms with Crippen LogP contribution in [0.5, 0.6) is 0 Å². The quantitative estimate of drug-likeness (QED) is 0.154. The summed E-state index contributed by atoms with van der Waals surface area (Å²) in [6.07, 6.45) is 8.04. The molecule has 1 heterocycles. The van der Waals surface area contributed by atoms with Gasteiger partial charge in [0.05, 0.1) is 11.8 Å². The Hall–Kier alpha value is -1.74. The number of halogens is 1. The summed E-state index contributed by atoms with van der Waals surface area (Å²) in [4.78, 5) is 28.7. The molecule has 196 valence electrons. The fourth-order valence-electron chi connectivity index (χ4n) is 9.20. The molecule has 3 saturated carbocycles. The summed E-state index contributed by atoms with van der Waals surface area (Å²) in [6, 6.07) is 5.58. The molecule has 0 aromatic heterocycles. The Morgan fingerprint density at radius 3 is 2.65 bits per heavy atom. The lowest BCUT2D eigenvalue weighted by molar-refractivity contribution is -0.227. The summed E-state index contributed by atoms with van der Waals surface area (Å²) in [5.74, 6) is 0.639. The minimum atomic E-state index is -1.06. The normalized spacial score (nSPS) is 44.1. The van der Waals surface area contributed by atoms with Gasteiger partial charge in [-0.2, -0.15) is 0 Å². The number of ether oxygens (including phenoxy) is 2. The summed E-state index contributed by atoms with van der Waals surface area (Å²) < 4.78 is 14.5. The number of azide groups is 1. The van der Waals surface area contributed by atoms with Gasteiger partial charge >= 0.3 is 0 Å². The SMILES string of the molecule is CC(=O)[C@@]12OC(C)(c3ccc(N=[N+]=[N-])c(I)c3)O[C@@H]1CC1C3CCC4=CC(=O)CC[C@]4(C)C3CC[C@@]12C. The van der Waals surface area contributed by atoms with E-state index in [1.807, 2.05) is 25.1 Å². The molecular formula is C29H34IN3O4. The number of rotatable bonds is 3. The van der Waals surface area contributed by atoms with Gasteiger partial charge in [0.15, 0.2) is 23.0 Å². The van der Waals surface area contributed by atoms with Gasteiger partial charge in [-0.15, -0.1) is 0 Å². The molecule has 7 nitrogen and oxygen atoms in total. The summed E-state index contributed by atoms with van der Waals surface area (Å²) in [5.41, 5.74) is 10.4. The van der Waals surface area contributed by atoms with Crippen molar-refractivity contribution in [1.29, 1.82) is 0 Å². The highest BCUT2D eigenvalue weighted by molar-refractivity contribution is 14.1. The van der Waals surface area contributed by atoms with Crippen LogP contribution in [-0.2, 0) is 24.8 Å². The maximum Gasteiger partial charge on any atom is 0.193 e. The maximum absolute atomic E-state index is 13.6. The van der Waals surface area contributed by atoms with Crippen molar-refractivity contribution >= 4 is 39.8 Å². The molecule has 0 N–H and O–H groups in total. The fraction of sp³-hybridized carbons (Fsp3) is 0.655. The van der Waals surface area contributed by atoms with E-state index < -0.39 is 11.4 Å². The van der Waals surface area contributed by atoms with E-state index in [1.54, 1.807) is 13.0 Å². The van der Waals surface area contributed by atoms with E-state index in [4.69, 9.17) is 15.0 Å². The minimum Gasteiger partial charge on any atom is -0.339 e. The molecule has 1 aromatic rings. The van der Waals surface area contributed by atoms with E-state index in [0.717, 1.165) is 47.7 Å². The van der Waals surface area contributed by atoms with Gasteiger partial charge < -0.3 is 9.47 Å². The first-order valence-electron chi connectivity index (χ1n) is 13.5. The van der Waals surface area contributed by atoms with Crippen LogP contribution in [-0.4, -0.2) is 23.3 Å². The van der Waals surface area contributed by atoms with E-state index in [2.05, 4.69) is 46.5 Å². The number of benzene rings is 1. The van der Waals surface area contributed by atoms with Crippen LogP contribution >= 0.6 is 22.6 Å². The summed E-state index contributed by atoms with van der Waals surface area (Å²) in [6.45, 7) is 8.24. The van der Waals surface area contributed by atoms with Crippen LogP contribution in [0.15, 0.2) is 35.0 Å². The zero-order valence-electron chi connectivity index (χ0n) is 21.9. The van der Waals surface area contributed by atoms with E-state index in [9.17, 15) is 9.59 Å². The molecule has 1 saturated heterocycles. The second-order valence-electron chi connectivity index (χ2n) is 12.5. The molecule has 8 heteroatoms. The van der Waals surface area contributed by atoms with Crippen LogP contribution in [0.25, 0.3) is 10.4 Å². The molecule has 0 spiro atoms. The minimum absolute atomic E-state index is 0.0518. The zero-order valence-corrected chi connectivity index (χ0v) is 24.1. The second-order valence-corrected chi connectivity index (χ2v) is 13.6. The van der Waals surface area contributed by atoms with Crippen molar-refractivity contribution in [1.82, 2.24) is 0 Å². The number of allylic oxidation sites excluding steroid dienone is 1. The topological polar surface area (TPSA) is 101 Å². The van der Waals surface area contributed by atoms with Crippen LogP contribution in [0, 0.1) is 32.2 Å². The zero-order chi connectivity index (χ0) is 26.4. The van der Waals surface area contributed by atoms with Gasteiger partial charge in [0, 0.05) is 25.9 Å². The van der Waals surface area contributed by atoms with Gasteiger partial charge in [0.2, 0.25) is 0 Å². The first-order chi connectivity index (χ1) is 17.5. The molecule has 6 rings (SSSR count). The highest BCUT2D eigenvalue weighted by Gasteiger charge is 2.75. The van der Waals surface area contributed by atoms with Crippen molar-refractivity contribution in [2.45, 2.75) is 90.1 Å². The highest BCUT2D eigenvalue weighted by Crippen LogP contribution is 2.71. The van der Waals surface area contributed by atoms with E-state index in [-0.39, 0.29) is 28.5 Å². The van der Waals surface area contributed by atoms with Gasteiger partial charge in [-0.05, 0) is 116 Å².